The molecule has 3 N–H and O–H groups in total. The van der Waals surface area contributed by atoms with Crippen molar-refractivity contribution in [1.82, 2.24) is 4.98 Å². The van der Waals surface area contributed by atoms with Crippen LogP contribution >= 0.6 is 0 Å². The van der Waals surface area contributed by atoms with Crippen molar-refractivity contribution in [3.63, 3.8) is 0 Å². The zero-order chi connectivity index (χ0) is 16.4. The van der Waals surface area contributed by atoms with Crippen LogP contribution in [-0.2, 0) is 12.8 Å². The van der Waals surface area contributed by atoms with Gasteiger partial charge in [-0.25, -0.2) is 4.79 Å². The summed E-state index contributed by atoms with van der Waals surface area (Å²) in [5.41, 5.74) is 4.74. The highest BCUT2D eigenvalue weighted by atomic mass is 16.4. The molecule has 0 radical (unpaired) electrons. The number of anilines is 1. The quantitative estimate of drug-likeness (QED) is 0.705. The maximum Gasteiger partial charge on any atom is 0.335 e. The molecule has 3 rings (SSSR count). The zero-order valence-electron chi connectivity index (χ0n) is 13.8. The number of fused-ring (bicyclic) bond motifs is 2. The molecular weight excluding hydrogens is 290 g/mol. The molecule has 5 nitrogen and oxygen atoms in total. The maximum atomic E-state index is 11.3. The van der Waals surface area contributed by atoms with Crippen molar-refractivity contribution in [2.24, 2.45) is 0 Å². The number of pyridine rings is 1. The molecule has 122 valence electrons. The standard InChI is InChI=1S/C18H23N3O2/c1-21(2)10-4-9-19-17-13-5-3-6-15(13)20-16-8-7-12(18(22)23)11-14(16)17/h7-8,11H,3-6,9-10H2,1-2H3,(H,19,20)(H,22,23)/p+1. The van der Waals surface area contributed by atoms with E-state index in [0.29, 0.717) is 5.56 Å². The lowest BCUT2D eigenvalue weighted by Gasteiger charge is -2.15. The Balaban J connectivity index is 1.98. The van der Waals surface area contributed by atoms with Gasteiger partial charge in [-0.05, 0) is 43.0 Å². The van der Waals surface area contributed by atoms with Gasteiger partial charge in [-0.3, -0.25) is 4.98 Å². The van der Waals surface area contributed by atoms with E-state index in [1.54, 1.807) is 12.1 Å². The summed E-state index contributed by atoms with van der Waals surface area (Å²) in [7, 11) is 4.30. The van der Waals surface area contributed by atoms with E-state index >= 15 is 0 Å². The average Bonchev–Trinajstić information content (AvgIpc) is 2.97. The predicted octanol–water partition coefficient (Wildman–Crippen LogP) is 1.37. The van der Waals surface area contributed by atoms with E-state index in [4.69, 9.17) is 4.98 Å². The van der Waals surface area contributed by atoms with Crippen LogP contribution in [0.15, 0.2) is 18.2 Å². The fourth-order valence-electron chi connectivity index (χ4n) is 3.25. The number of quaternary nitrogens is 1. The first-order chi connectivity index (χ1) is 11.1. The number of nitrogens with zero attached hydrogens (tertiary/aromatic N) is 1. The van der Waals surface area contributed by atoms with Gasteiger partial charge < -0.3 is 15.3 Å². The Morgan fingerprint density at radius 1 is 1.35 bits per heavy atom. The molecule has 0 atom stereocenters. The topological polar surface area (TPSA) is 66.7 Å². The molecule has 0 saturated heterocycles. The van der Waals surface area contributed by atoms with Gasteiger partial charge in [0.25, 0.3) is 0 Å². The summed E-state index contributed by atoms with van der Waals surface area (Å²) in [6.07, 6.45) is 4.25. The minimum absolute atomic E-state index is 0.318. The number of carboxylic acids is 1. The van der Waals surface area contributed by atoms with Gasteiger partial charge in [-0.2, -0.15) is 0 Å². The van der Waals surface area contributed by atoms with Crippen LogP contribution in [0.25, 0.3) is 10.9 Å². The summed E-state index contributed by atoms with van der Waals surface area (Å²) < 4.78 is 0. The smallest absolute Gasteiger partial charge is 0.335 e. The predicted molar refractivity (Wildman–Crippen MR) is 91.5 cm³/mol. The number of nitrogens with one attached hydrogen (secondary N) is 2. The third kappa shape index (κ3) is 3.29. The number of aromatic carboxylic acids is 1. The molecular formula is C18H24N3O2+. The molecule has 0 aliphatic heterocycles. The molecule has 0 bridgehead atoms. The Bertz CT molecular complexity index is 741. The van der Waals surface area contributed by atoms with E-state index in [1.165, 1.54) is 16.2 Å². The molecule has 0 spiro atoms. The van der Waals surface area contributed by atoms with Gasteiger partial charge in [0, 0.05) is 29.7 Å². The number of benzene rings is 1. The van der Waals surface area contributed by atoms with Gasteiger partial charge in [0.05, 0.1) is 31.7 Å². The number of hydrogen-bond donors (Lipinski definition) is 3. The second-order valence-corrected chi connectivity index (χ2v) is 6.54. The van der Waals surface area contributed by atoms with E-state index in [2.05, 4.69) is 19.4 Å². The number of hydrogen-bond acceptors (Lipinski definition) is 3. The van der Waals surface area contributed by atoms with Gasteiger partial charge >= 0.3 is 5.97 Å². The van der Waals surface area contributed by atoms with Gasteiger partial charge in [-0.15, -0.1) is 0 Å². The third-order valence-corrected chi connectivity index (χ3v) is 4.41. The summed E-state index contributed by atoms with van der Waals surface area (Å²) in [6, 6.07) is 5.22. The molecule has 0 saturated carbocycles. The highest BCUT2D eigenvalue weighted by Gasteiger charge is 2.20. The average molecular weight is 314 g/mol. The molecule has 1 heterocycles. The first kappa shape index (κ1) is 15.7. The summed E-state index contributed by atoms with van der Waals surface area (Å²) in [6.45, 7) is 2.01. The van der Waals surface area contributed by atoms with E-state index in [1.807, 2.05) is 6.07 Å². The molecule has 0 fully saturated rings. The Labute approximate surface area is 136 Å². The lowest BCUT2D eigenvalue weighted by Crippen LogP contribution is -3.05. The number of aromatic nitrogens is 1. The fourth-order valence-corrected chi connectivity index (χ4v) is 3.25. The maximum absolute atomic E-state index is 11.3. The number of carboxylic acid groups (broad SMARTS) is 1. The van der Waals surface area contributed by atoms with Crippen LogP contribution in [0.1, 0.15) is 34.5 Å². The molecule has 5 heteroatoms. The number of rotatable bonds is 6. The molecule has 0 amide bonds. The Morgan fingerprint density at radius 3 is 2.91 bits per heavy atom. The van der Waals surface area contributed by atoms with Gasteiger partial charge in [0.2, 0.25) is 0 Å². The number of aryl methyl sites for hydroxylation is 1. The Morgan fingerprint density at radius 2 is 2.17 bits per heavy atom. The van der Waals surface area contributed by atoms with Crippen LogP contribution in [0, 0.1) is 0 Å². The summed E-state index contributed by atoms with van der Waals surface area (Å²) in [5.74, 6) is -0.894. The Hall–Kier alpha value is -2.14. The van der Waals surface area contributed by atoms with Crippen molar-refractivity contribution >= 4 is 22.6 Å². The van der Waals surface area contributed by atoms with Crippen molar-refractivity contribution < 1.29 is 14.8 Å². The second kappa shape index (κ2) is 6.54. The molecule has 1 aromatic carbocycles. The highest BCUT2D eigenvalue weighted by Crippen LogP contribution is 2.34. The van der Waals surface area contributed by atoms with Gasteiger partial charge in [0.15, 0.2) is 0 Å². The molecule has 0 unspecified atom stereocenters. The van der Waals surface area contributed by atoms with Crippen LogP contribution in [0.5, 0.6) is 0 Å². The van der Waals surface area contributed by atoms with E-state index in [-0.39, 0.29) is 0 Å². The van der Waals surface area contributed by atoms with Crippen molar-refractivity contribution in [2.75, 3.05) is 32.5 Å². The van der Waals surface area contributed by atoms with Gasteiger partial charge in [-0.1, -0.05) is 0 Å². The minimum Gasteiger partial charge on any atom is -0.478 e. The third-order valence-electron chi connectivity index (χ3n) is 4.41. The lowest BCUT2D eigenvalue weighted by atomic mass is 10.0. The van der Waals surface area contributed by atoms with Crippen LogP contribution in [-0.4, -0.2) is 43.2 Å². The van der Waals surface area contributed by atoms with Crippen molar-refractivity contribution in [3.05, 3.63) is 35.0 Å². The minimum atomic E-state index is -0.894. The van der Waals surface area contributed by atoms with Crippen molar-refractivity contribution in [1.29, 1.82) is 0 Å². The zero-order valence-corrected chi connectivity index (χ0v) is 13.8. The molecule has 1 aromatic heterocycles. The van der Waals surface area contributed by atoms with Crippen LogP contribution in [0.4, 0.5) is 5.69 Å². The summed E-state index contributed by atoms with van der Waals surface area (Å²) in [5, 5.41) is 13.8. The van der Waals surface area contributed by atoms with E-state index in [0.717, 1.165) is 55.4 Å². The van der Waals surface area contributed by atoms with Crippen molar-refractivity contribution in [3.8, 4) is 0 Å². The monoisotopic (exact) mass is 314 g/mol. The second-order valence-electron chi connectivity index (χ2n) is 6.54. The fraction of sp³-hybridized carbons (Fsp3) is 0.444. The SMILES string of the molecule is C[NH+](C)CCCNc1c2c(nc3ccc(C(=O)O)cc13)CCC2. The molecule has 1 aliphatic rings. The Kier molecular flexibility index (Phi) is 4.48. The van der Waals surface area contributed by atoms with Crippen LogP contribution < -0.4 is 10.2 Å². The first-order valence-electron chi connectivity index (χ1n) is 8.28. The van der Waals surface area contributed by atoms with E-state index < -0.39 is 5.97 Å². The summed E-state index contributed by atoms with van der Waals surface area (Å²) in [4.78, 5) is 17.5. The highest BCUT2D eigenvalue weighted by molar-refractivity contribution is 5.99. The number of carbonyl (C=O) groups is 1. The van der Waals surface area contributed by atoms with Crippen LogP contribution in [0.3, 0.4) is 0 Å². The first-order valence-corrected chi connectivity index (χ1v) is 8.28. The molecule has 1 aliphatic carbocycles. The normalized spacial score (nSPS) is 13.5. The largest absolute Gasteiger partial charge is 0.478 e. The van der Waals surface area contributed by atoms with Gasteiger partial charge in [0.1, 0.15) is 0 Å². The molecule has 2 aromatic rings. The van der Waals surface area contributed by atoms with Crippen molar-refractivity contribution in [2.45, 2.75) is 25.7 Å². The summed E-state index contributed by atoms with van der Waals surface area (Å²) >= 11 is 0. The van der Waals surface area contributed by atoms with Crippen LogP contribution in [0.2, 0.25) is 0 Å². The lowest BCUT2D eigenvalue weighted by molar-refractivity contribution is -0.858. The van der Waals surface area contributed by atoms with E-state index in [9.17, 15) is 9.90 Å². The molecule has 23 heavy (non-hydrogen) atoms.